The first kappa shape index (κ1) is 57.9. The van der Waals surface area contributed by atoms with Crippen molar-refractivity contribution in [1.29, 1.82) is 0 Å². The smallest absolute Gasteiger partial charge is 0.295 e. The zero-order chi connectivity index (χ0) is 54.8. The van der Waals surface area contributed by atoms with Crippen LogP contribution in [-0.2, 0) is 48.6 Å². The Hall–Kier alpha value is -7.42. The van der Waals surface area contributed by atoms with Gasteiger partial charge in [-0.1, -0.05) is 34.4 Å². The number of nitrogens with two attached hydrogens (primary N) is 2. The lowest BCUT2D eigenvalue weighted by molar-refractivity contribution is -0.432. The zero-order valence-electron chi connectivity index (χ0n) is 39.0. The first-order valence-corrected chi connectivity index (χ1v) is 26.0. The summed E-state index contributed by atoms with van der Waals surface area (Å²) >= 11 is 1.27. The average molecular weight is 1130 g/mol. The molecule has 14 N–H and O–H groups in total. The topological polar surface area (TPSA) is 445 Å². The predicted octanol–water partition coefficient (Wildman–Crippen LogP) is 3.90. The van der Waals surface area contributed by atoms with Crippen LogP contribution in [0.4, 0.5) is 58.4 Å². The fraction of sp³-hybridized carbons (Fsp3) is 0.190. The maximum atomic E-state index is 12.9. The number of anilines is 10. The SMILES string of the molecule is NC(=O)CCN(CCO)c1nc(Nc2ccc(S(=O)(=O)O)cc2)nc(Nc2ccc(/C=C/c3ccc(Nc4nc(Nc5ccc(SOOO)cc5)nc(N(CCO)CCC(N)=O)n4)cc3S(=O)(=O)O)c(SOOO)c2)n1. The van der Waals surface area contributed by atoms with Gasteiger partial charge < -0.3 is 52.7 Å². The zero-order valence-corrected chi connectivity index (χ0v) is 42.3. The number of benzene rings is 4. The summed E-state index contributed by atoms with van der Waals surface area (Å²) in [5.41, 5.74) is 12.3. The Balaban J connectivity index is 1.30. The van der Waals surface area contributed by atoms with Crippen LogP contribution < -0.4 is 42.5 Å². The fourth-order valence-electron chi connectivity index (χ4n) is 6.49. The number of carbonyl (C=O) groups is 2. The van der Waals surface area contributed by atoms with E-state index in [9.17, 15) is 45.7 Å². The lowest BCUT2D eigenvalue weighted by atomic mass is 10.1. The third-order valence-electron chi connectivity index (χ3n) is 9.90. The molecule has 6 aromatic rings. The molecule has 0 atom stereocenters. The minimum atomic E-state index is -4.93. The Morgan fingerprint density at radius 2 is 0.974 bits per heavy atom. The third-order valence-corrected chi connectivity index (χ3v) is 12.9. The first-order valence-electron chi connectivity index (χ1n) is 21.6. The molecule has 0 unspecified atom stereocenters. The Bertz CT molecular complexity index is 3220. The van der Waals surface area contributed by atoms with Crippen LogP contribution in [0, 0.1) is 0 Å². The van der Waals surface area contributed by atoms with Crippen molar-refractivity contribution in [2.24, 2.45) is 11.5 Å². The van der Waals surface area contributed by atoms with E-state index in [-0.39, 0.29) is 109 Å². The molecule has 0 spiro atoms. The molecule has 0 saturated heterocycles. The highest BCUT2D eigenvalue weighted by Crippen LogP contribution is 2.32. The summed E-state index contributed by atoms with van der Waals surface area (Å²) in [7, 11) is -9.43. The van der Waals surface area contributed by atoms with E-state index in [4.69, 9.17) is 26.3 Å². The monoisotopic (exact) mass is 1130 g/mol. The summed E-state index contributed by atoms with van der Waals surface area (Å²) in [4.78, 5) is 52.7. The third kappa shape index (κ3) is 17.6. The Morgan fingerprint density at radius 1 is 0.553 bits per heavy atom. The van der Waals surface area contributed by atoms with Gasteiger partial charge in [0.05, 0.1) is 42.2 Å². The van der Waals surface area contributed by atoms with Crippen molar-refractivity contribution in [1.82, 2.24) is 29.9 Å². The van der Waals surface area contributed by atoms with Crippen LogP contribution in [0.3, 0.4) is 0 Å². The van der Waals surface area contributed by atoms with Crippen molar-refractivity contribution in [3.63, 3.8) is 0 Å². The number of rotatable bonds is 30. The minimum Gasteiger partial charge on any atom is -0.395 e. The summed E-state index contributed by atoms with van der Waals surface area (Å²) in [5, 5.41) is 56.4. The molecule has 4 aromatic carbocycles. The Kier molecular flexibility index (Phi) is 20.9. The van der Waals surface area contributed by atoms with Crippen LogP contribution in [0.5, 0.6) is 0 Å². The molecule has 404 valence electrons. The lowest BCUT2D eigenvalue weighted by Crippen LogP contribution is -2.32. The molecular weight excluding hydrogens is 1080 g/mol. The van der Waals surface area contributed by atoms with Gasteiger partial charge in [-0.3, -0.25) is 18.7 Å². The lowest BCUT2D eigenvalue weighted by Gasteiger charge is -2.22. The van der Waals surface area contributed by atoms with Crippen molar-refractivity contribution >= 4 is 127 Å². The minimum absolute atomic E-state index is 0.00325. The summed E-state index contributed by atoms with van der Waals surface area (Å²) in [6.07, 6.45) is 2.57. The molecule has 30 nitrogen and oxygen atoms in total. The summed E-state index contributed by atoms with van der Waals surface area (Å²) in [6, 6.07) is 20.0. The van der Waals surface area contributed by atoms with Gasteiger partial charge in [-0.05, 0) is 83.9 Å². The Morgan fingerprint density at radius 3 is 1.42 bits per heavy atom. The number of primary amides is 2. The van der Waals surface area contributed by atoms with Gasteiger partial charge in [-0.2, -0.15) is 46.7 Å². The second kappa shape index (κ2) is 27.4. The van der Waals surface area contributed by atoms with Crippen molar-refractivity contribution < 1.29 is 75.0 Å². The molecule has 6 rings (SSSR count). The molecule has 2 heterocycles. The van der Waals surface area contributed by atoms with Crippen LogP contribution in [0.1, 0.15) is 24.0 Å². The van der Waals surface area contributed by atoms with Crippen LogP contribution in [0.2, 0.25) is 0 Å². The van der Waals surface area contributed by atoms with Gasteiger partial charge in [0.1, 0.15) is 4.90 Å². The molecule has 0 bridgehead atoms. The molecule has 0 saturated carbocycles. The average Bonchev–Trinajstić information content (AvgIpc) is 3.37. The second-order valence-electron chi connectivity index (χ2n) is 15.2. The summed E-state index contributed by atoms with van der Waals surface area (Å²) in [6.45, 7) is -0.754. The van der Waals surface area contributed by atoms with E-state index in [1.54, 1.807) is 36.4 Å². The number of aliphatic hydroxyl groups excluding tert-OH is 2. The maximum Gasteiger partial charge on any atom is 0.295 e. The van der Waals surface area contributed by atoms with Gasteiger partial charge in [0, 0.05) is 71.6 Å². The predicted molar refractivity (Wildman–Crippen MR) is 275 cm³/mol. The summed E-state index contributed by atoms with van der Waals surface area (Å²) in [5.74, 6) is -1.64. The van der Waals surface area contributed by atoms with E-state index >= 15 is 0 Å². The normalized spacial score (nSPS) is 11.6. The van der Waals surface area contributed by atoms with Crippen LogP contribution >= 0.6 is 24.1 Å². The number of aliphatic hydroxyl groups is 2. The molecule has 76 heavy (non-hydrogen) atoms. The molecule has 34 heteroatoms. The number of nitrogens with zero attached hydrogens (tertiary/aromatic N) is 8. The number of hydrogen-bond acceptors (Lipinski definition) is 28. The largest absolute Gasteiger partial charge is 0.395 e. The highest BCUT2D eigenvalue weighted by molar-refractivity contribution is 7.94. The molecule has 0 aliphatic carbocycles. The molecule has 0 radical (unpaired) electrons. The number of amides is 2. The Labute approximate surface area is 440 Å². The van der Waals surface area contributed by atoms with E-state index in [1.807, 2.05) is 0 Å². The van der Waals surface area contributed by atoms with Crippen molar-refractivity contribution in [2.45, 2.75) is 32.4 Å². The summed E-state index contributed by atoms with van der Waals surface area (Å²) < 4.78 is 78.0. The standard InChI is InChI=1S/C42H46N14O16S4/c43-35(59)15-17-55(19-21-57)41-52-38(46-28-9-13-32(14-10-28)75(63,64)65)49-39(53-41)47-29-5-3-25(33(23-29)74-72-70-62)1-2-26-4-6-30(24-34(26)76(66,67)68)48-40-50-37(45-27-7-11-31(12-8-27)73-71-69-61)51-42(54-40)56(20-22-58)18-16-36(44)60/h1-14,23-24,57-58,61-62H,15-22H2,(H2,43,59)(H2,44,60)(H,63,64,65)(H,66,67,68)(H2,45,48,50,51,54)(H2,46,47,49,52,53)/b2-1+. The van der Waals surface area contributed by atoms with Crippen LogP contribution in [0.25, 0.3) is 12.2 Å². The van der Waals surface area contributed by atoms with Crippen molar-refractivity contribution in [2.75, 3.05) is 70.5 Å². The maximum absolute atomic E-state index is 12.9. The number of carbonyl (C=O) groups excluding carboxylic acids is 2. The number of hydrogen-bond donors (Lipinski definition) is 12. The highest BCUT2D eigenvalue weighted by Gasteiger charge is 2.20. The van der Waals surface area contributed by atoms with Gasteiger partial charge >= 0.3 is 0 Å². The van der Waals surface area contributed by atoms with Gasteiger partial charge in [-0.25, -0.2) is 10.5 Å². The van der Waals surface area contributed by atoms with E-state index in [0.29, 0.717) is 39.6 Å². The molecule has 2 aromatic heterocycles. The molecule has 0 fully saturated rings. The van der Waals surface area contributed by atoms with Crippen molar-refractivity contribution in [3.8, 4) is 0 Å². The molecule has 2 amide bonds. The van der Waals surface area contributed by atoms with Crippen molar-refractivity contribution in [3.05, 3.63) is 96.1 Å². The highest BCUT2D eigenvalue weighted by atomic mass is 32.2. The quantitative estimate of drug-likeness (QED) is 0.01000. The van der Waals surface area contributed by atoms with Crippen LogP contribution in [0.15, 0.2) is 105 Å². The van der Waals surface area contributed by atoms with Gasteiger partial charge in [0.2, 0.25) is 47.5 Å². The van der Waals surface area contributed by atoms with E-state index in [2.05, 4.69) is 65.6 Å². The molecule has 0 aliphatic rings. The number of aromatic nitrogens is 6. The van der Waals surface area contributed by atoms with E-state index in [1.165, 1.54) is 52.3 Å². The van der Waals surface area contributed by atoms with Gasteiger partial charge in [0.25, 0.3) is 20.2 Å². The fourth-order valence-corrected chi connectivity index (χ4v) is 8.55. The van der Waals surface area contributed by atoms with Gasteiger partial charge in [0.15, 0.2) is 0 Å². The number of nitrogens with one attached hydrogen (secondary N) is 4. The van der Waals surface area contributed by atoms with E-state index in [0.717, 1.165) is 30.2 Å². The van der Waals surface area contributed by atoms with Gasteiger partial charge in [-0.15, -0.1) is 8.67 Å². The molecule has 0 aliphatic heterocycles. The second-order valence-corrected chi connectivity index (χ2v) is 19.5. The first-order chi connectivity index (χ1) is 36.3. The van der Waals surface area contributed by atoms with Crippen LogP contribution in [-0.4, -0.2) is 128 Å². The van der Waals surface area contributed by atoms with E-state index < -0.39 is 36.9 Å². The molecular formula is C42H46N14O16S4.